The molecule has 0 amide bonds. The van der Waals surface area contributed by atoms with Crippen LogP contribution in [0, 0.1) is 11.8 Å². The van der Waals surface area contributed by atoms with E-state index in [-0.39, 0.29) is 17.5 Å². The van der Waals surface area contributed by atoms with Crippen LogP contribution in [0.25, 0.3) is 0 Å². The topological polar surface area (TPSA) is 197 Å². The molecule has 14 heteroatoms. The summed E-state index contributed by atoms with van der Waals surface area (Å²) in [5.41, 5.74) is -1.14. The van der Waals surface area contributed by atoms with Gasteiger partial charge in [-0.3, -0.25) is 14.4 Å². The molecule has 14 nitrogen and oxygen atoms in total. The summed E-state index contributed by atoms with van der Waals surface area (Å²) < 4.78 is 41.7. The number of rotatable bonds is 6. The van der Waals surface area contributed by atoms with Crippen molar-refractivity contribution in [1.29, 1.82) is 0 Å². The van der Waals surface area contributed by atoms with Crippen molar-refractivity contribution in [2.24, 2.45) is 0 Å². The number of carbonyl (C=O) groups is 3. The van der Waals surface area contributed by atoms with Crippen LogP contribution in [-0.2, 0) is 23.9 Å². The van der Waals surface area contributed by atoms with Gasteiger partial charge in [0.2, 0.25) is 12.0 Å². The molecule has 0 radical (unpaired) electrons. The maximum Gasteiger partial charge on any atom is 0.317 e. The van der Waals surface area contributed by atoms with Crippen molar-refractivity contribution < 1.29 is 68.0 Å². The number of methoxy groups -OCH3 is 2. The van der Waals surface area contributed by atoms with Crippen molar-refractivity contribution in [2.45, 2.75) is 86.4 Å². The van der Waals surface area contributed by atoms with Crippen molar-refractivity contribution in [1.82, 2.24) is 0 Å². The van der Waals surface area contributed by atoms with Crippen molar-refractivity contribution in [3.8, 4) is 40.6 Å². The van der Waals surface area contributed by atoms with E-state index in [1.54, 1.807) is 12.1 Å². The minimum atomic E-state index is -2.20. The van der Waals surface area contributed by atoms with Gasteiger partial charge in [-0.25, -0.2) is 0 Å². The second-order valence-electron chi connectivity index (χ2n) is 12.6. The van der Waals surface area contributed by atoms with Crippen LogP contribution in [-0.4, -0.2) is 94.8 Å². The third kappa shape index (κ3) is 5.09. The van der Waals surface area contributed by atoms with Crippen LogP contribution in [0.15, 0.2) is 24.3 Å². The van der Waals surface area contributed by atoms with E-state index in [0.29, 0.717) is 59.8 Å². The number of hydrogen-bond acceptors (Lipinski definition) is 13. The van der Waals surface area contributed by atoms with E-state index in [1.807, 2.05) is 12.1 Å². The molecule has 2 aromatic rings. The minimum Gasteiger partial charge on any atom is -0.493 e. The Morgan fingerprint density at radius 1 is 1.04 bits per heavy atom. The summed E-state index contributed by atoms with van der Waals surface area (Å²) in [7, 11) is 3.07. The Morgan fingerprint density at radius 2 is 1.81 bits per heavy atom. The smallest absolute Gasteiger partial charge is 0.317 e. The van der Waals surface area contributed by atoms with Gasteiger partial charge < -0.3 is 53.6 Å². The van der Waals surface area contributed by atoms with Crippen molar-refractivity contribution >= 4 is 17.7 Å². The van der Waals surface area contributed by atoms with Crippen molar-refractivity contribution in [3.63, 3.8) is 0 Å². The highest BCUT2D eigenvalue weighted by atomic mass is 16.7. The van der Waals surface area contributed by atoms with Gasteiger partial charge in [-0.05, 0) is 25.0 Å². The Morgan fingerprint density at radius 3 is 2.52 bits per heavy atom. The Kier molecular flexibility index (Phi) is 7.91. The fourth-order valence-corrected chi connectivity index (χ4v) is 7.42. The lowest BCUT2D eigenvalue weighted by Gasteiger charge is -2.48. The van der Waals surface area contributed by atoms with Crippen molar-refractivity contribution in [3.05, 3.63) is 41.0 Å². The largest absolute Gasteiger partial charge is 0.493 e. The number of ketones is 1. The molecule has 8 rings (SSSR count). The maximum absolute atomic E-state index is 12.4. The summed E-state index contributed by atoms with van der Waals surface area (Å²) in [4.78, 5) is 35.2. The number of fused-ring (bicyclic) bond motifs is 9. The van der Waals surface area contributed by atoms with Gasteiger partial charge in [-0.15, -0.1) is 0 Å². The SMILES string of the molecule is COc1ccc2c(c1OC)O[C@H]1c3cc4c(cc3OC3(CCC(=O)CC3)[C@@H]21)O[C@@H]1O[C@H](COC(=O)CC(=O)O)[C@](O)(CC#C4)[C@H](O)[C@H]1O. The number of ether oxygens (including phenoxy) is 7. The lowest BCUT2D eigenvalue weighted by atomic mass is 9.68. The first-order valence-corrected chi connectivity index (χ1v) is 15.5. The number of esters is 1. The highest BCUT2D eigenvalue weighted by Crippen LogP contribution is 2.63. The lowest BCUT2D eigenvalue weighted by molar-refractivity contribution is -0.312. The van der Waals surface area contributed by atoms with Crippen LogP contribution in [0.2, 0.25) is 0 Å². The second-order valence-corrected chi connectivity index (χ2v) is 12.6. The zero-order valence-electron chi connectivity index (χ0n) is 26.1. The molecule has 7 atom stereocenters. The molecule has 1 aliphatic carbocycles. The van der Waals surface area contributed by atoms with Crippen LogP contribution in [0.3, 0.4) is 0 Å². The fraction of sp³-hybridized carbons (Fsp3) is 0.500. The van der Waals surface area contributed by atoms with Gasteiger partial charge in [0.1, 0.15) is 65.9 Å². The highest BCUT2D eigenvalue weighted by Gasteiger charge is 2.59. The molecule has 5 aliphatic heterocycles. The number of aliphatic hydroxyl groups is 3. The van der Waals surface area contributed by atoms with E-state index >= 15 is 0 Å². The average molecular weight is 667 g/mol. The number of benzene rings is 2. The average Bonchev–Trinajstić information content (AvgIpc) is 3.46. The maximum atomic E-state index is 12.4. The molecule has 1 saturated carbocycles. The molecule has 2 bridgehead atoms. The minimum absolute atomic E-state index is 0.140. The normalized spacial score (nSPS) is 30.5. The monoisotopic (exact) mass is 666 g/mol. The van der Waals surface area contributed by atoms with E-state index < -0.39 is 73.3 Å². The summed E-state index contributed by atoms with van der Waals surface area (Å²) in [5.74, 6) is 5.18. The number of carbonyl (C=O) groups excluding carboxylic acids is 2. The fourth-order valence-electron chi connectivity index (χ4n) is 7.42. The first kappa shape index (κ1) is 32.0. The number of Topliss-reactive ketones (excluding diaryl/α,β-unsaturated/α-hetero) is 1. The summed E-state index contributed by atoms with van der Waals surface area (Å²) in [6.07, 6.45) is -6.90. The molecular weight excluding hydrogens is 632 g/mol. The second kappa shape index (κ2) is 11.9. The number of hydrogen-bond donors (Lipinski definition) is 4. The first-order chi connectivity index (χ1) is 23.0. The summed E-state index contributed by atoms with van der Waals surface area (Å²) in [6, 6.07) is 7.09. The molecule has 48 heavy (non-hydrogen) atoms. The van der Waals surface area contributed by atoms with Crippen LogP contribution >= 0.6 is 0 Å². The van der Waals surface area contributed by atoms with Gasteiger partial charge >= 0.3 is 11.9 Å². The molecule has 2 aromatic carbocycles. The van der Waals surface area contributed by atoms with E-state index in [4.69, 9.17) is 38.3 Å². The molecule has 5 heterocycles. The predicted molar refractivity (Wildman–Crippen MR) is 160 cm³/mol. The Bertz CT molecular complexity index is 1730. The van der Waals surface area contributed by atoms with Gasteiger partial charge in [-0.2, -0.15) is 0 Å². The summed E-state index contributed by atoms with van der Waals surface area (Å²) in [6.45, 7) is -0.634. The van der Waals surface area contributed by atoms with Gasteiger partial charge in [-0.1, -0.05) is 17.9 Å². The van der Waals surface area contributed by atoms with Gasteiger partial charge in [0.15, 0.2) is 11.5 Å². The molecule has 2 fully saturated rings. The molecule has 254 valence electrons. The zero-order valence-corrected chi connectivity index (χ0v) is 26.1. The van der Waals surface area contributed by atoms with E-state index in [2.05, 4.69) is 11.8 Å². The number of aliphatic hydroxyl groups excluding tert-OH is 2. The van der Waals surface area contributed by atoms with Crippen LogP contribution in [0.1, 0.15) is 67.2 Å². The molecule has 1 saturated heterocycles. The summed E-state index contributed by atoms with van der Waals surface area (Å²) in [5, 5.41) is 42.3. The van der Waals surface area contributed by atoms with Gasteiger partial charge in [0.25, 0.3) is 0 Å². The molecule has 1 spiro atoms. The van der Waals surface area contributed by atoms with Gasteiger partial charge in [0.05, 0.1) is 25.7 Å². The van der Waals surface area contributed by atoms with E-state index in [9.17, 15) is 29.7 Å². The standard InChI is InChI=1S/C34H34O14/c1-42-20-6-5-18-26-28(47-29(18)30(20)43-2)19-12-16-4-3-9-34(41)23(15-44-25(38)14-24(36)37)46-32(27(39)31(34)40)45-21(16)13-22(19)48-33(26)10-7-17(35)8-11-33/h5-6,12-13,23,26-28,31-32,39-41H,7-11,14-15H2,1-2H3,(H,36,37)/t23-,26+,27-,28+,31-,32-,34-/m1/s1. The van der Waals surface area contributed by atoms with Crippen molar-refractivity contribution in [2.75, 3.05) is 20.8 Å². The number of carboxylic acid groups (broad SMARTS) is 1. The Labute approximate surface area is 274 Å². The molecular formula is C34H34O14. The van der Waals surface area contributed by atoms with Crippen LogP contribution < -0.4 is 23.7 Å². The Balaban J connectivity index is 1.28. The van der Waals surface area contributed by atoms with E-state index in [0.717, 1.165) is 5.56 Å². The number of aliphatic carboxylic acids is 1. The summed E-state index contributed by atoms with van der Waals surface area (Å²) >= 11 is 0. The number of carboxylic acids is 1. The van der Waals surface area contributed by atoms with Crippen LogP contribution in [0.4, 0.5) is 0 Å². The molecule has 4 N–H and O–H groups in total. The Hall–Kier alpha value is -4.55. The van der Waals surface area contributed by atoms with Crippen LogP contribution in [0.5, 0.6) is 28.7 Å². The predicted octanol–water partition coefficient (Wildman–Crippen LogP) is 1.53. The zero-order chi connectivity index (χ0) is 34.0. The highest BCUT2D eigenvalue weighted by molar-refractivity contribution is 5.90. The third-order valence-electron chi connectivity index (χ3n) is 9.87. The molecule has 6 aliphatic rings. The molecule has 0 aromatic heterocycles. The molecule has 0 unspecified atom stereocenters. The quantitative estimate of drug-likeness (QED) is 0.197. The lowest BCUT2D eigenvalue weighted by Crippen LogP contribution is -2.68. The first-order valence-electron chi connectivity index (χ1n) is 15.5. The van der Waals surface area contributed by atoms with Gasteiger partial charge in [0, 0.05) is 36.5 Å². The van der Waals surface area contributed by atoms with E-state index in [1.165, 1.54) is 14.2 Å². The third-order valence-corrected chi connectivity index (χ3v) is 9.87.